The van der Waals surface area contributed by atoms with E-state index in [1.807, 2.05) is 0 Å². The maximum Gasteiger partial charge on any atom is 0.0671 e. The zero-order chi connectivity index (χ0) is 9.62. The van der Waals surface area contributed by atoms with Crippen molar-refractivity contribution in [3.05, 3.63) is 0 Å². The van der Waals surface area contributed by atoms with Crippen LogP contribution in [0.4, 0.5) is 0 Å². The van der Waals surface area contributed by atoms with Crippen molar-refractivity contribution in [2.45, 2.75) is 57.3 Å². The molecule has 0 unspecified atom stereocenters. The van der Waals surface area contributed by atoms with E-state index in [9.17, 15) is 0 Å². The third kappa shape index (κ3) is 2.44. The molecule has 0 amide bonds. The van der Waals surface area contributed by atoms with Crippen LogP contribution in [0, 0.1) is 0 Å². The molecule has 0 aromatic heterocycles. The number of hydrogen-bond acceptors (Lipinski definition) is 3. The van der Waals surface area contributed by atoms with E-state index in [1.165, 1.54) is 0 Å². The average Bonchev–Trinajstić information content (AvgIpc) is 1.44. The van der Waals surface area contributed by atoms with Crippen LogP contribution >= 0.6 is 0 Å². The average molecular weight is 171 g/mol. The lowest BCUT2D eigenvalue weighted by Gasteiger charge is -2.49. The summed E-state index contributed by atoms with van der Waals surface area (Å²) in [6.45, 7) is 8.56. The highest BCUT2D eigenvalue weighted by atomic mass is 15.1. The second-order valence-corrected chi connectivity index (χ2v) is 5.48. The van der Waals surface area contributed by atoms with Gasteiger partial charge in [0.2, 0.25) is 0 Å². The summed E-state index contributed by atoms with van der Waals surface area (Å²) in [5.74, 6) is 0. The Morgan fingerprint density at radius 1 is 0.917 bits per heavy atom. The molecule has 0 spiro atoms. The Kier molecular flexibility index (Phi) is 2.02. The van der Waals surface area contributed by atoms with Gasteiger partial charge in [0, 0.05) is 11.1 Å². The lowest BCUT2D eigenvalue weighted by Crippen LogP contribution is -2.69. The van der Waals surface area contributed by atoms with E-state index in [4.69, 9.17) is 11.5 Å². The highest BCUT2D eigenvalue weighted by Gasteiger charge is 2.42. The molecule has 1 aliphatic heterocycles. The molecule has 72 valence electrons. The van der Waals surface area contributed by atoms with Gasteiger partial charge in [-0.1, -0.05) is 0 Å². The van der Waals surface area contributed by atoms with Gasteiger partial charge in [0.25, 0.3) is 0 Å². The molecule has 3 nitrogen and oxygen atoms in total. The first kappa shape index (κ1) is 9.96. The minimum absolute atomic E-state index is 0.0469. The molecule has 1 aliphatic rings. The van der Waals surface area contributed by atoms with E-state index in [0.717, 1.165) is 12.8 Å². The highest BCUT2D eigenvalue weighted by Crippen LogP contribution is 2.30. The molecule has 0 atom stereocenters. The molecular weight excluding hydrogens is 150 g/mol. The molecule has 0 bridgehead atoms. The normalized spacial score (nSPS) is 31.5. The minimum Gasteiger partial charge on any atom is -0.313 e. The predicted molar refractivity (Wildman–Crippen MR) is 51.6 cm³/mol. The van der Waals surface area contributed by atoms with Crippen LogP contribution < -0.4 is 16.8 Å². The smallest absolute Gasteiger partial charge is 0.0671 e. The Bertz CT molecular complexity index is 137. The first-order valence-electron chi connectivity index (χ1n) is 4.49. The monoisotopic (exact) mass is 171 g/mol. The van der Waals surface area contributed by atoms with E-state index >= 15 is 0 Å². The fraction of sp³-hybridized carbons (Fsp3) is 1.00. The number of nitrogens with two attached hydrogens (primary N) is 2. The highest BCUT2D eigenvalue weighted by molar-refractivity contribution is 5.03. The zero-order valence-corrected chi connectivity index (χ0v) is 8.57. The van der Waals surface area contributed by atoms with Crippen LogP contribution in [-0.4, -0.2) is 16.7 Å². The van der Waals surface area contributed by atoms with Crippen LogP contribution in [0.3, 0.4) is 0 Å². The fourth-order valence-corrected chi connectivity index (χ4v) is 2.71. The van der Waals surface area contributed by atoms with Gasteiger partial charge in [0.15, 0.2) is 0 Å². The van der Waals surface area contributed by atoms with Crippen LogP contribution in [0.15, 0.2) is 0 Å². The van der Waals surface area contributed by atoms with Crippen molar-refractivity contribution in [2.75, 3.05) is 0 Å². The quantitative estimate of drug-likeness (QED) is 0.466. The largest absolute Gasteiger partial charge is 0.313 e. The van der Waals surface area contributed by atoms with Crippen molar-refractivity contribution < 1.29 is 0 Å². The Balaban J connectivity index is 2.81. The lowest BCUT2D eigenvalue weighted by atomic mass is 9.76. The van der Waals surface area contributed by atoms with E-state index in [1.54, 1.807) is 0 Å². The standard InChI is InChI=1S/C9H21N3/c1-7(2)5-9(10,11)6-8(3,4)12-7/h12H,5-6,10-11H2,1-4H3. The van der Waals surface area contributed by atoms with Crippen molar-refractivity contribution in [3.8, 4) is 0 Å². The Morgan fingerprint density at radius 3 is 1.50 bits per heavy atom. The summed E-state index contributed by atoms with van der Waals surface area (Å²) >= 11 is 0. The molecule has 5 N–H and O–H groups in total. The molecule has 1 saturated heterocycles. The van der Waals surface area contributed by atoms with Gasteiger partial charge in [-0.3, -0.25) is 0 Å². The first-order valence-corrected chi connectivity index (χ1v) is 4.49. The van der Waals surface area contributed by atoms with Gasteiger partial charge in [-0.05, 0) is 40.5 Å². The SMILES string of the molecule is CC1(C)CC(N)(N)CC(C)(C)N1. The molecule has 1 heterocycles. The van der Waals surface area contributed by atoms with Gasteiger partial charge in [0.1, 0.15) is 0 Å². The van der Waals surface area contributed by atoms with Crippen LogP contribution in [-0.2, 0) is 0 Å². The van der Waals surface area contributed by atoms with Crippen molar-refractivity contribution in [3.63, 3.8) is 0 Å². The molecular formula is C9H21N3. The zero-order valence-electron chi connectivity index (χ0n) is 8.57. The maximum atomic E-state index is 5.97. The molecule has 12 heavy (non-hydrogen) atoms. The molecule has 1 rings (SSSR count). The summed E-state index contributed by atoms with van der Waals surface area (Å²) in [7, 11) is 0. The van der Waals surface area contributed by atoms with Gasteiger partial charge in [-0.25, -0.2) is 0 Å². The third-order valence-corrected chi connectivity index (χ3v) is 2.22. The summed E-state index contributed by atoms with van der Waals surface area (Å²) in [5, 5.41) is 3.53. The number of piperidine rings is 1. The number of nitrogens with one attached hydrogen (secondary N) is 1. The fourth-order valence-electron chi connectivity index (χ4n) is 2.71. The molecule has 0 saturated carbocycles. The summed E-state index contributed by atoms with van der Waals surface area (Å²) in [5.41, 5.74) is 11.5. The molecule has 0 aromatic carbocycles. The summed E-state index contributed by atoms with van der Waals surface area (Å²) in [6.07, 6.45) is 1.65. The van der Waals surface area contributed by atoms with Crippen molar-refractivity contribution in [1.82, 2.24) is 5.32 Å². The summed E-state index contributed by atoms with van der Waals surface area (Å²) in [4.78, 5) is 0. The van der Waals surface area contributed by atoms with Crippen LogP contribution in [0.2, 0.25) is 0 Å². The van der Waals surface area contributed by atoms with Crippen molar-refractivity contribution in [1.29, 1.82) is 0 Å². The van der Waals surface area contributed by atoms with E-state index in [-0.39, 0.29) is 11.1 Å². The van der Waals surface area contributed by atoms with E-state index < -0.39 is 5.66 Å². The van der Waals surface area contributed by atoms with E-state index in [2.05, 4.69) is 33.0 Å². The second kappa shape index (κ2) is 2.44. The maximum absolute atomic E-state index is 5.97. The van der Waals surface area contributed by atoms with Crippen LogP contribution in [0.25, 0.3) is 0 Å². The molecule has 0 aliphatic carbocycles. The van der Waals surface area contributed by atoms with Gasteiger partial charge in [-0.15, -0.1) is 0 Å². The van der Waals surface area contributed by atoms with Gasteiger partial charge < -0.3 is 16.8 Å². The topological polar surface area (TPSA) is 64.1 Å². The van der Waals surface area contributed by atoms with Gasteiger partial charge in [0.05, 0.1) is 5.66 Å². The molecule has 1 fully saturated rings. The van der Waals surface area contributed by atoms with Gasteiger partial charge >= 0.3 is 0 Å². The van der Waals surface area contributed by atoms with Gasteiger partial charge in [-0.2, -0.15) is 0 Å². The summed E-state index contributed by atoms with van der Waals surface area (Å²) < 4.78 is 0. The Morgan fingerprint density at radius 2 is 1.25 bits per heavy atom. The predicted octanol–water partition coefficient (Wildman–Crippen LogP) is 0.541. The van der Waals surface area contributed by atoms with Crippen molar-refractivity contribution >= 4 is 0 Å². The first-order chi connectivity index (χ1) is 5.12. The molecule has 3 heteroatoms. The molecule has 0 radical (unpaired) electrons. The number of rotatable bonds is 0. The Labute approximate surface area is 74.9 Å². The van der Waals surface area contributed by atoms with E-state index in [0.29, 0.717) is 0 Å². The Hall–Kier alpha value is -0.120. The molecule has 0 aromatic rings. The summed E-state index contributed by atoms with van der Waals surface area (Å²) in [6, 6.07) is 0. The number of hydrogen-bond donors (Lipinski definition) is 3. The second-order valence-electron chi connectivity index (χ2n) is 5.48. The third-order valence-electron chi connectivity index (χ3n) is 2.22. The minimum atomic E-state index is -0.516. The van der Waals surface area contributed by atoms with Crippen molar-refractivity contribution in [2.24, 2.45) is 11.5 Å². The lowest BCUT2D eigenvalue weighted by molar-refractivity contribution is 0.109. The van der Waals surface area contributed by atoms with Crippen LogP contribution in [0.5, 0.6) is 0 Å². The van der Waals surface area contributed by atoms with Crippen LogP contribution in [0.1, 0.15) is 40.5 Å².